The number of nitrogens with zero attached hydrogens (tertiary/aromatic N) is 1. The van der Waals surface area contributed by atoms with Crippen molar-refractivity contribution in [1.82, 2.24) is 4.90 Å². The van der Waals surface area contributed by atoms with Gasteiger partial charge >= 0.3 is 0 Å². The van der Waals surface area contributed by atoms with E-state index in [9.17, 15) is 4.79 Å². The largest absolute Gasteiger partial charge is 0.346 e. The molecule has 0 aromatic carbocycles. The van der Waals surface area contributed by atoms with Gasteiger partial charge in [-0.25, -0.2) is 0 Å². The van der Waals surface area contributed by atoms with E-state index < -0.39 is 0 Å². The lowest BCUT2D eigenvalue weighted by molar-refractivity contribution is -0.137. The van der Waals surface area contributed by atoms with Gasteiger partial charge in [-0.2, -0.15) is 0 Å². The summed E-state index contributed by atoms with van der Waals surface area (Å²) in [5.74, 6) is 1.44. The first-order valence-corrected chi connectivity index (χ1v) is 6.17. The zero-order valence-corrected chi connectivity index (χ0v) is 9.61. The Morgan fingerprint density at radius 1 is 1.40 bits per heavy atom. The monoisotopic (exact) mass is 210 g/mol. The summed E-state index contributed by atoms with van der Waals surface area (Å²) in [6, 6.07) is 0.277. The molecule has 0 aliphatic heterocycles. The third kappa shape index (κ3) is 2.51. The topological polar surface area (TPSA) is 46.3 Å². The zero-order chi connectivity index (χ0) is 10.8. The maximum atomic E-state index is 11.9. The highest BCUT2D eigenvalue weighted by Crippen LogP contribution is 2.30. The van der Waals surface area contributed by atoms with Crippen LogP contribution in [0.1, 0.15) is 38.5 Å². The van der Waals surface area contributed by atoms with Crippen LogP contribution in [0.25, 0.3) is 0 Å². The van der Waals surface area contributed by atoms with Gasteiger partial charge in [0.05, 0.1) is 0 Å². The van der Waals surface area contributed by atoms with Gasteiger partial charge in [0.1, 0.15) is 0 Å². The van der Waals surface area contributed by atoms with Crippen LogP contribution in [-0.4, -0.2) is 30.4 Å². The number of carbonyl (C=O) groups is 1. The average molecular weight is 210 g/mol. The molecule has 2 N–H and O–H groups in total. The van der Waals surface area contributed by atoms with Gasteiger partial charge in [-0.15, -0.1) is 0 Å². The Morgan fingerprint density at radius 2 is 2.07 bits per heavy atom. The van der Waals surface area contributed by atoms with E-state index in [0.29, 0.717) is 5.91 Å². The fourth-order valence-corrected chi connectivity index (χ4v) is 2.44. The summed E-state index contributed by atoms with van der Waals surface area (Å²) < 4.78 is 0. The zero-order valence-electron chi connectivity index (χ0n) is 9.61. The molecule has 0 spiro atoms. The lowest BCUT2D eigenvalue weighted by atomic mass is 9.79. The van der Waals surface area contributed by atoms with Gasteiger partial charge in [-0.05, 0) is 25.2 Å². The van der Waals surface area contributed by atoms with E-state index in [1.54, 1.807) is 0 Å². The lowest BCUT2D eigenvalue weighted by Crippen LogP contribution is -2.46. The minimum atomic E-state index is 0.228. The molecule has 2 fully saturated rings. The first-order chi connectivity index (χ1) is 7.16. The molecule has 3 heteroatoms. The van der Waals surface area contributed by atoms with Crippen molar-refractivity contribution in [3.63, 3.8) is 0 Å². The first kappa shape index (κ1) is 10.9. The highest BCUT2D eigenvalue weighted by atomic mass is 16.2. The van der Waals surface area contributed by atoms with Crippen LogP contribution in [0.4, 0.5) is 0 Å². The van der Waals surface area contributed by atoms with Crippen LogP contribution in [0.15, 0.2) is 0 Å². The van der Waals surface area contributed by atoms with Crippen molar-refractivity contribution in [3.05, 3.63) is 0 Å². The number of carbonyl (C=O) groups excluding carboxylic acids is 1. The van der Waals surface area contributed by atoms with Gasteiger partial charge in [-0.3, -0.25) is 4.79 Å². The van der Waals surface area contributed by atoms with Crippen LogP contribution in [0.3, 0.4) is 0 Å². The molecule has 2 aliphatic carbocycles. The van der Waals surface area contributed by atoms with Crippen molar-refractivity contribution in [2.75, 3.05) is 13.6 Å². The van der Waals surface area contributed by atoms with E-state index in [2.05, 4.69) is 0 Å². The third-order valence-corrected chi connectivity index (χ3v) is 4.00. The molecule has 15 heavy (non-hydrogen) atoms. The minimum absolute atomic E-state index is 0.228. The molecular weight excluding hydrogens is 188 g/mol. The molecule has 0 aromatic rings. The standard InChI is InChI=1S/C12H22N2O/c1-14(6-5-9-3-2-4-9)12(15)10-7-11(13)8-10/h9-11H,2-8,13H2,1H3. The van der Waals surface area contributed by atoms with E-state index in [-0.39, 0.29) is 12.0 Å². The summed E-state index contributed by atoms with van der Waals surface area (Å²) in [6.45, 7) is 0.940. The third-order valence-electron chi connectivity index (χ3n) is 4.00. The SMILES string of the molecule is CN(CCC1CCC1)C(=O)C1CC(N)C1. The van der Waals surface area contributed by atoms with Gasteiger partial charge in [-0.1, -0.05) is 19.3 Å². The number of nitrogens with two attached hydrogens (primary N) is 1. The van der Waals surface area contributed by atoms with E-state index in [1.807, 2.05) is 11.9 Å². The highest BCUT2D eigenvalue weighted by molar-refractivity contribution is 5.79. The summed E-state index contributed by atoms with van der Waals surface area (Å²) in [6.07, 6.45) is 7.12. The molecule has 0 bridgehead atoms. The van der Waals surface area contributed by atoms with Crippen molar-refractivity contribution in [2.45, 2.75) is 44.6 Å². The van der Waals surface area contributed by atoms with Crippen LogP contribution in [-0.2, 0) is 4.79 Å². The van der Waals surface area contributed by atoms with Crippen molar-refractivity contribution in [2.24, 2.45) is 17.6 Å². The first-order valence-electron chi connectivity index (χ1n) is 6.17. The van der Waals surface area contributed by atoms with Crippen LogP contribution < -0.4 is 5.73 Å². The number of hydrogen-bond donors (Lipinski definition) is 1. The highest BCUT2D eigenvalue weighted by Gasteiger charge is 2.33. The molecule has 0 aromatic heterocycles. The van der Waals surface area contributed by atoms with Crippen LogP contribution in [0.5, 0.6) is 0 Å². The Labute approximate surface area is 92.0 Å². The number of amides is 1. The van der Waals surface area contributed by atoms with Crippen LogP contribution >= 0.6 is 0 Å². The maximum Gasteiger partial charge on any atom is 0.225 e. The maximum absolute atomic E-state index is 11.9. The Bertz CT molecular complexity index is 232. The van der Waals surface area contributed by atoms with E-state index in [4.69, 9.17) is 5.73 Å². The van der Waals surface area contributed by atoms with Gasteiger partial charge in [0, 0.05) is 25.6 Å². The molecule has 86 valence electrons. The number of hydrogen-bond acceptors (Lipinski definition) is 2. The normalized spacial score (nSPS) is 30.5. The summed E-state index contributed by atoms with van der Waals surface area (Å²) in [7, 11) is 1.94. The predicted octanol–water partition coefficient (Wildman–Crippen LogP) is 1.37. The molecular formula is C12H22N2O. The van der Waals surface area contributed by atoms with Crippen molar-refractivity contribution in [3.8, 4) is 0 Å². The van der Waals surface area contributed by atoms with Gasteiger partial charge in [0.2, 0.25) is 5.91 Å². The molecule has 2 aliphatic rings. The molecule has 0 heterocycles. The molecule has 3 nitrogen and oxygen atoms in total. The second kappa shape index (κ2) is 4.52. The fourth-order valence-electron chi connectivity index (χ4n) is 2.44. The summed E-state index contributed by atoms with van der Waals surface area (Å²) in [5.41, 5.74) is 5.69. The minimum Gasteiger partial charge on any atom is -0.346 e. The molecule has 2 rings (SSSR count). The number of rotatable bonds is 4. The quantitative estimate of drug-likeness (QED) is 0.762. The molecule has 2 saturated carbocycles. The second-order valence-corrected chi connectivity index (χ2v) is 5.27. The Morgan fingerprint density at radius 3 is 2.53 bits per heavy atom. The van der Waals surface area contributed by atoms with E-state index in [1.165, 1.54) is 25.7 Å². The summed E-state index contributed by atoms with van der Waals surface area (Å²) in [5, 5.41) is 0. The van der Waals surface area contributed by atoms with Gasteiger partial charge in [0.15, 0.2) is 0 Å². The van der Waals surface area contributed by atoms with E-state index in [0.717, 1.165) is 25.3 Å². The second-order valence-electron chi connectivity index (χ2n) is 5.27. The summed E-state index contributed by atoms with van der Waals surface area (Å²) in [4.78, 5) is 13.8. The van der Waals surface area contributed by atoms with Crippen LogP contribution in [0, 0.1) is 11.8 Å². The Kier molecular flexibility index (Phi) is 3.29. The fraction of sp³-hybridized carbons (Fsp3) is 0.917. The molecule has 1 amide bonds. The summed E-state index contributed by atoms with van der Waals surface area (Å²) >= 11 is 0. The molecule has 0 atom stereocenters. The van der Waals surface area contributed by atoms with Crippen molar-refractivity contribution >= 4 is 5.91 Å². The van der Waals surface area contributed by atoms with Crippen molar-refractivity contribution < 1.29 is 4.79 Å². The molecule has 0 unspecified atom stereocenters. The smallest absolute Gasteiger partial charge is 0.225 e. The lowest BCUT2D eigenvalue weighted by Gasteiger charge is -2.35. The molecule has 0 saturated heterocycles. The molecule has 0 radical (unpaired) electrons. The van der Waals surface area contributed by atoms with Gasteiger partial charge in [0.25, 0.3) is 0 Å². The van der Waals surface area contributed by atoms with E-state index >= 15 is 0 Å². The van der Waals surface area contributed by atoms with Gasteiger partial charge < -0.3 is 10.6 Å². The predicted molar refractivity (Wildman–Crippen MR) is 60.3 cm³/mol. The Hall–Kier alpha value is -0.570. The van der Waals surface area contributed by atoms with Crippen molar-refractivity contribution in [1.29, 1.82) is 0 Å². The Balaban J connectivity index is 1.65. The average Bonchev–Trinajstić information content (AvgIpc) is 2.09. The van der Waals surface area contributed by atoms with Crippen LogP contribution in [0.2, 0.25) is 0 Å².